The number of aliphatic hydroxyl groups excluding tert-OH is 1. The van der Waals surface area contributed by atoms with Crippen molar-refractivity contribution < 1.29 is 5.11 Å². The zero-order chi connectivity index (χ0) is 12.3. The first kappa shape index (κ1) is 12.1. The van der Waals surface area contributed by atoms with Gasteiger partial charge in [-0.15, -0.1) is 0 Å². The van der Waals surface area contributed by atoms with Gasteiger partial charge < -0.3 is 9.67 Å². The smallest absolute Gasteiger partial charge is 0.111 e. The minimum Gasteiger partial charge on any atom is -0.388 e. The van der Waals surface area contributed by atoms with Gasteiger partial charge in [0.25, 0.3) is 0 Å². The maximum atomic E-state index is 10.2. The number of aliphatic hydroxyl groups is 1. The number of aryl methyl sites for hydroxylation is 1. The number of nitrogens with zero attached hydrogens (tertiary/aromatic N) is 2. The van der Waals surface area contributed by atoms with Crippen LogP contribution in [0.5, 0.6) is 0 Å². The van der Waals surface area contributed by atoms with E-state index in [1.807, 2.05) is 35.9 Å². The monoisotopic (exact) mass is 250 g/mol. The summed E-state index contributed by atoms with van der Waals surface area (Å²) >= 11 is 6.05. The quantitative estimate of drug-likeness (QED) is 0.906. The molecule has 4 heteroatoms. The van der Waals surface area contributed by atoms with Crippen molar-refractivity contribution in [1.82, 2.24) is 9.55 Å². The molecule has 1 atom stereocenters. The molecule has 1 N–H and O–H groups in total. The van der Waals surface area contributed by atoms with E-state index in [1.54, 1.807) is 12.3 Å². The van der Waals surface area contributed by atoms with Crippen LogP contribution in [0.4, 0.5) is 0 Å². The number of imidazole rings is 1. The van der Waals surface area contributed by atoms with Gasteiger partial charge in [0, 0.05) is 30.4 Å². The SMILES string of the molecule is CCn1ccnc1CC(O)c1ccccc1Cl. The van der Waals surface area contributed by atoms with E-state index in [2.05, 4.69) is 4.98 Å². The maximum absolute atomic E-state index is 10.2. The van der Waals surface area contributed by atoms with E-state index in [1.165, 1.54) is 0 Å². The first-order valence-electron chi connectivity index (χ1n) is 5.65. The highest BCUT2D eigenvalue weighted by Crippen LogP contribution is 2.24. The van der Waals surface area contributed by atoms with E-state index in [4.69, 9.17) is 11.6 Å². The van der Waals surface area contributed by atoms with Crippen molar-refractivity contribution in [2.75, 3.05) is 0 Å². The Hall–Kier alpha value is -1.32. The number of hydrogen-bond acceptors (Lipinski definition) is 2. The van der Waals surface area contributed by atoms with Crippen molar-refractivity contribution >= 4 is 11.6 Å². The van der Waals surface area contributed by atoms with Crippen LogP contribution in [0, 0.1) is 0 Å². The van der Waals surface area contributed by atoms with Gasteiger partial charge in [-0.2, -0.15) is 0 Å². The number of rotatable bonds is 4. The van der Waals surface area contributed by atoms with Crippen LogP contribution in [0.2, 0.25) is 5.02 Å². The number of halogens is 1. The summed E-state index contributed by atoms with van der Waals surface area (Å²) < 4.78 is 2.01. The molecule has 0 aliphatic carbocycles. The fraction of sp³-hybridized carbons (Fsp3) is 0.308. The third-order valence-electron chi connectivity index (χ3n) is 2.78. The highest BCUT2D eigenvalue weighted by Gasteiger charge is 2.14. The molecule has 2 aromatic rings. The topological polar surface area (TPSA) is 38.0 Å². The van der Waals surface area contributed by atoms with Crippen molar-refractivity contribution in [3.63, 3.8) is 0 Å². The van der Waals surface area contributed by atoms with E-state index < -0.39 is 6.10 Å². The Morgan fingerprint density at radius 3 is 2.88 bits per heavy atom. The summed E-state index contributed by atoms with van der Waals surface area (Å²) in [5.41, 5.74) is 0.750. The highest BCUT2D eigenvalue weighted by molar-refractivity contribution is 6.31. The average molecular weight is 251 g/mol. The van der Waals surface area contributed by atoms with Crippen LogP contribution in [0.25, 0.3) is 0 Å². The molecule has 0 saturated carbocycles. The van der Waals surface area contributed by atoms with Crippen LogP contribution in [-0.4, -0.2) is 14.7 Å². The molecule has 3 nitrogen and oxygen atoms in total. The summed E-state index contributed by atoms with van der Waals surface area (Å²) in [4.78, 5) is 4.24. The summed E-state index contributed by atoms with van der Waals surface area (Å²) in [6.07, 6.45) is 3.52. The Morgan fingerprint density at radius 2 is 2.18 bits per heavy atom. The third kappa shape index (κ3) is 2.68. The first-order chi connectivity index (χ1) is 8.22. The van der Waals surface area contributed by atoms with Crippen LogP contribution < -0.4 is 0 Å². The van der Waals surface area contributed by atoms with Crippen LogP contribution >= 0.6 is 11.6 Å². The van der Waals surface area contributed by atoms with Gasteiger partial charge in [0.15, 0.2) is 0 Å². The fourth-order valence-corrected chi connectivity index (χ4v) is 2.11. The largest absolute Gasteiger partial charge is 0.388 e. The predicted octanol–water partition coefficient (Wildman–Crippen LogP) is 2.83. The highest BCUT2D eigenvalue weighted by atomic mass is 35.5. The van der Waals surface area contributed by atoms with Gasteiger partial charge in [-0.25, -0.2) is 4.98 Å². The summed E-state index contributed by atoms with van der Waals surface area (Å²) in [5.74, 6) is 0.875. The van der Waals surface area contributed by atoms with Crippen molar-refractivity contribution in [1.29, 1.82) is 0 Å². The van der Waals surface area contributed by atoms with E-state index >= 15 is 0 Å². The first-order valence-corrected chi connectivity index (χ1v) is 6.02. The van der Waals surface area contributed by atoms with Crippen molar-refractivity contribution in [3.8, 4) is 0 Å². The Morgan fingerprint density at radius 1 is 1.41 bits per heavy atom. The Balaban J connectivity index is 2.17. The number of benzene rings is 1. The van der Waals surface area contributed by atoms with E-state index in [0.717, 1.165) is 17.9 Å². The van der Waals surface area contributed by atoms with Gasteiger partial charge in [0.05, 0.1) is 6.10 Å². The van der Waals surface area contributed by atoms with Crippen LogP contribution in [0.15, 0.2) is 36.7 Å². The Bertz CT molecular complexity index is 496. The lowest BCUT2D eigenvalue weighted by molar-refractivity contribution is 0.174. The molecule has 90 valence electrons. The van der Waals surface area contributed by atoms with Crippen molar-refractivity contribution in [2.45, 2.75) is 26.0 Å². The predicted molar refractivity (Wildman–Crippen MR) is 68.0 cm³/mol. The molecule has 0 spiro atoms. The van der Waals surface area contributed by atoms with Crippen molar-refractivity contribution in [3.05, 3.63) is 53.1 Å². The summed E-state index contributed by atoms with van der Waals surface area (Å²) in [5, 5.41) is 10.7. The van der Waals surface area contributed by atoms with E-state index in [0.29, 0.717) is 11.4 Å². The van der Waals surface area contributed by atoms with Crippen LogP contribution in [0.3, 0.4) is 0 Å². The number of hydrogen-bond donors (Lipinski definition) is 1. The molecule has 0 aliphatic heterocycles. The standard InChI is InChI=1S/C13H15ClN2O/c1-2-16-8-7-15-13(16)9-12(17)10-5-3-4-6-11(10)14/h3-8,12,17H,2,9H2,1H3. The molecule has 17 heavy (non-hydrogen) atoms. The van der Waals surface area contributed by atoms with Crippen LogP contribution in [-0.2, 0) is 13.0 Å². The van der Waals surface area contributed by atoms with E-state index in [9.17, 15) is 5.11 Å². The molecule has 1 aromatic heterocycles. The summed E-state index contributed by atoms with van der Waals surface area (Å²) in [6.45, 7) is 2.90. The molecule has 2 rings (SSSR count). The lowest BCUT2D eigenvalue weighted by Crippen LogP contribution is -2.08. The molecule has 0 aliphatic rings. The molecule has 0 radical (unpaired) electrons. The van der Waals surface area contributed by atoms with Gasteiger partial charge in [-0.1, -0.05) is 29.8 Å². The van der Waals surface area contributed by atoms with Gasteiger partial charge >= 0.3 is 0 Å². The minimum absolute atomic E-state index is 0.477. The van der Waals surface area contributed by atoms with Gasteiger partial charge in [-0.05, 0) is 18.6 Å². The lowest BCUT2D eigenvalue weighted by Gasteiger charge is -2.13. The van der Waals surface area contributed by atoms with E-state index in [-0.39, 0.29) is 0 Å². The molecule has 0 fully saturated rings. The van der Waals surface area contributed by atoms with Crippen LogP contribution in [0.1, 0.15) is 24.4 Å². The van der Waals surface area contributed by atoms with Gasteiger partial charge in [-0.3, -0.25) is 0 Å². The molecule has 1 unspecified atom stereocenters. The maximum Gasteiger partial charge on any atom is 0.111 e. The van der Waals surface area contributed by atoms with Crippen molar-refractivity contribution in [2.24, 2.45) is 0 Å². The molecule has 1 heterocycles. The Labute approximate surface area is 106 Å². The normalized spacial score (nSPS) is 12.6. The molecule has 0 amide bonds. The fourth-order valence-electron chi connectivity index (χ4n) is 1.85. The molecule has 0 bridgehead atoms. The zero-order valence-corrected chi connectivity index (χ0v) is 10.4. The second-order valence-electron chi connectivity index (χ2n) is 3.87. The minimum atomic E-state index is -0.614. The van der Waals surface area contributed by atoms with Gasteiger partial charge in [0.1, 0.15) is 5.82 Å². The summed E-state index contributed by atoms with van der Waals surface area (Å²) in [6, 6.07) is 7.35. The molecular formula is C13H15ClN2O. The second kappa shape index (κ2) is 5.34. The summed E-state index contributed by atoms with van der Waals surface area (Å²) in [7, 11) is 0. The average Bonchev–Trinajstić information content (AvgIpc) is 2.76. The number of aromatic nitrogens is 2. The lowest BCUT2D eigenvalue weighted by atomic mass is 10.1. The molecule has 0 saturated heterocycles. The molecular weight excluding hydrogens is 236 g/mol. The zero-order valence-electron chi connectivity index (χ0n) is 9.68. The third-order valence-corrected chi connectivity index (χ3v) is 3.13. The second-order valence-corrected chi connectivity index (χ2v) is 4.28. The Kier molecular flexibility index (Phi) is 3.82. The van der Waals surface area contributed by atoms with Gasteiger partial charge in [0.2, 0.25) is 0 Å². The molecule has 1 aromatic carbocycles.